The molecule has 18 heavy (non-hydrogen) atoms. The predicted octanol–water partition coefficient (Wildman–Crippen LogP) is 0.976. The van der Waals surface area contributed by atoms with Gasteiger partial charge in [-0.15, -0.1) is 11.6 Å². The number of rotatable bonds is 4. The van der Waals surface area contributed by atoms with E-state index in [1.165, 1.54) is 5.69 Å². The molecule has 0 saturated carbocycles. The minimum atomic E-state index is -0.391. The largest absolute Gasteiger partial charge is 0.369 e. The third kappa shape index (κ3) is 2.94. The summed E-state index contributed by atoms with van der Waals surface area (Å²) in [5.41, 5.74) is 8.13. The van der Waals surface area contributed by atoms with Crippen LogP contribution >= 0.6 is 11.6 Å². The van der Waals surface area contributed by atoms with E-state index in [0.717, 1.165) is 38.2 Å². The van der Waals surface area contributed by atoms with Gasteiger partial charge in [0.05, 0.1) is 0 Å². The standard InChI is InChI=1S/C13H18ClN3O/c14-4-3-10-9-11(13(15)18)1-2-12(10)17-7-5-16-6-8-17/h1-2,9,16H,3-8H2,(H2,15,18). The molecule has 1 aliphatic heterocycles. The van der Waals surface area contributed by atoms with Crippen molar-refractivity contribution < 1.29 is 4.79 Å². The Morgan fingerprint density at radius 1 is 1.39 bits per heavy atom. The molecule has 3 N–H and O–H groups in total. The van der Waals surface area contributed by atoms with Gasteiger partial charge in [0, 0.05) is 43.3 Å². The molecule has 1 aliphatic rings. The van der Waals surface area contributed by atoms with Crippen molar-refractivity contribution in [3.8, 4) is 0 Å². The number of hydrogen-bond acceptors (Lipinski definition) is 3. The van der Waals surface area contributed by atoms with Crippen LogP contribution < -0.4 is 16.0 Å². The second-order valence-corrected chi connectivity index (χ2v) is 4.76. The lowest BCUT2D eigenvalue weighted by Crippen LogP contribution is -2.44. The topological polar surface area (TPSA) is 58.4 Å². The number of benzene rings is 1. The summed E-state index contributed by atoms with van der Waals surface area (Å²) >= 11 is 5.83. The number of nitrogens with two attached hydrogens (primary N) is 1. The molecule has 2 rings (SSSR count). The van der Waals surface area contributed by atoms with Gasteiger partial charge in [-0.25, -0.2) is 0 Å². The second-order valence-electron chi connectivity index (χ2n) is 4.38. The molecule has 0 spiro atoms. The number of hydrogen-bond donors (Lipinski definition) is 2. The molecule has 1 saturated heterocycles. The summed E-state index contributed by atoms with van der Waals surface area (Å²) < 4.78 is 0. The molecule has 1 aromatic rings. The van der Waals surface area contributed by atoms with Crippen molar-refractivity contribution in [2.75, 3.05) is 37.0 Å². The van der Waals surface area contributed by atoms with Crippen LogP contribution in [0.2, 0.25) is 0 Å². The summed E-state index contributed by atoms with van der Waals surface area (Å²) in [6.45, 7) is 3.92. The third-order valence-electron chi connectivity index (χ3n) is 3.19. The number of amides is 1. The van der Waals surface area contributed by atoms with Crippen molar-refractivity contribution >= 4 is 23.2 Å². The van der Waals surface area contributed by atoms with Gasteiger partial charge in [-0.2, -0.15) is 0 Å². The normalized spacial score (nSPS) is 15.7. The van der Waals surface area contributed by atoms with E-state index in [4.69, 9.17) is 17.3 Å². The Balaban J connectivity index is 2.29. The first-order chi connectivity index (χ1) is 8.72. The summed E-state index contributed by atoms with van der Waals surface area (Å²) in [5, 5.41) is 3.32. The second kappa shape index (κ2) is 6.07. The highest BCUT2D eigenvalue weighted by atomic mass is 35.5. The van der Waals surface area contributed by atoms with Crippen LogP contribution in [0.15, 0.2) is 18.2 Å². The Morgan fingerprint density at radius 2 is 2.11 bits per heavy atom. The van der Waals surface area contributed by atoms with Crippen molar-refractivity contribution in [1.82, 2.24) is 5.32 Å². The number of alkyl halides is 1. The zero-order valence-corrected chi connectivity index (χ0v) is 11.0. The first kappa shape index (κ1) is 13.2. The van der Waals surface area contributed by atoms with Crippen molar-refractivity contribution in [3.05, 3.63) is 29.3 Å². The number of aryl methyl sites for hydroxylation is 1. The van der Waals surface area contributed by atoms with Crippen molar-refractivity contribution in [2.45, 2.75) is 6.42 Å². The van der Waals surface area contributed by atoms with E-state index in [2.05, 4.69) is 10.2 Å². The van der Waals surface area contributed by atoms with Crippen molar-refractivity contribution in [3.63, 3.8) is 0 Å². The van der Waals surface area contributed by atoms with Crippen LogP contribution in [-0.2, 0) is 6.42 Å². The average molecular weight is 268 g/mol. The number of carbonyl (C=O) groups excluding carboxylic acids is 1. The Morgan fingerprint density at radius 3 is 2.72 bits per heavy atom. The van der Waals surface area contributed by atoms with Crippen molar-refractivity contribution in [1.29, 1.82) is 0 Å². The van der Waals surface area contributed by atoms with E-state index in [0.29, 0.717) is 11.4 Å². The lowest BCUT2D eigenvalue weighted by atomic mass is 10.0. The van der Waals surface area contributed by atoms with Gasteiger partial charge in [0.25, 0.3) is 0 Å². The van der Waals surface area contributed by atoms with Crippen LogP contribution in [0.1, 0.15) is 15.9 Å². The molecule has 4 nitrogen and oxygen atoms in total. The number of nitrogens with one attached hydrogen (secondary N) is 1. The molecule has 0 unspecified atom stereocenters. The summed E-state index contributed by atoms with van der Waals surface area (Å²) in [5.74, 6) is 0.152. The number of carbonyl (C=O) groups is 1. The molecule has 5 heteroatoms. The molecular formula is C13H18ClN3O. The lowest BCUT2D eigenvalue weighted by Gasteiger charge is -2.31. The van der Waals surface area contributed by atoms with Crippen LogP contribution in [0.3, 0.4) is 0 Å². The fourth-order valence-corrected chi connectivity index (χ4v) is 2.46. The highest BCUT2D eigenvalue weighted by Crippen LogP contribution is 2.23. The van der Waals surface area contributed by atoms with E-state index in [1.807, 2.05) is 12.1 Å². The Hall–Kier alpha value is -1.26. The maximum atomic E-state index is 11.2. The quantitative estimate of drug-likeness (QED) is 0.800. The molecule has 1 fully saturated rings. The third-order valence-corrected chi connectivity index (χ3v) is 3.37. The highest BCUT2D eigenvalue weighted by molar-refractivity contribution is 6.18. The Kier molecular flexibility index (Phi) is 4.44. The van der Waals surface area contributed by atoms with Crippen LogP contribution in [-0.4, -0.2) is 38.0 Å². The number of piperazine rings is 1. The molecule has 0 atom stereocenters. The maximum Gasteiger partial charge on any atom is 0.248 e. The first-order valence-corrected chi connectivity index (χ1v) is 6.70. The van der Waals surface area contributed by atoms with E-state index in [9.17, 15) is 4.79 Å². The highest BCUT2D eigenvalue weighted by Gasteiger charge is 2.15. The number of anilines is 1. The molecule has 0 aromatic heterocycles. The van der Waals surface area contributed by atoms with Gasteiger partial charge >= 0.3 is 0 Å². The summed E-state index contributed by atoms with van der Waals surface area (Å²) in [4.78, 5) is 13.5. The minimum absolute atomic E-state index is 0.391. The van der Waals surface area contributed by atoms with Crippen LogP contribution in [0.4, 0.5) is 5.69 Å². The van der Waals surface area contributed by atoms with E-state index < -0.39 is 5.91 Å². The summed E-state index contributed by atoms with van der Waals surface area (Å²) in [6.07, 6.45) is 0.752. The van der Waals surface area contributed by atoms with Crippen LogP contribution in [0.5, 0.6) is 0 Å². The van der Waals surface area contributed by atoms with Gasteiger partial charge < -0.3 is 16.0 Å². The van der Waals surface area contributed by atoms with Crippen molar-refractivity contribution in [2.24, 2.45) is 5.73 Å². The molecule has 1 amide bonds. The number of nitrogens with zero attached hydrogens (tertiary/aromatic N) is 1. The molecule has 0 bridgehead atoms. The fraction of sp³-hybridized carbons (Fsp3) is 0.462. The average Bonchev–Trinajstić information content (AvgIpc) is 2.40. The van der Waals surface area contributed by atoms with Gasteiger partial charge in [-0.05, 0) is 30.2 Å². The molecule has 0 radical (unpaired) electrons. The summed E-state index contributed by atoms with van der Waals surface area (Å²) in [7, 11) is 0. The monoisotopic (exact) mass is 267 g/mol. The first-order valence-electron chi connectivity index (χ1n) is 6.16. The van der Waals surface area contributed by atoms with Gasteiger partial charge in [-0.3, -0.25) is 4.79 Å². The molecule has 98 valence electrons. The molecule has 1 heterocycles. The molecular weight excluding hydrogens is 250 g/mol. The number of halogens is 1. The smallest absolute Gasteiger partial charge is 0.248 e. The van der Waals surface area contributed by atoms with Crippen LogP contribution in [0, 0.1) is 0 Å². The fourth-order valence-electron chi connectivity index (χ4n) is 2.26. The van der Waals surface area contributed by atoms with E-state index in [-0.39, 0.29) is 0 Å². The summed E-state index contributed by atoms with van der Waals surface area (Å²) in [6, 6.07) is 5.63. The number of primary amides is 1. The SMILES string of the molecule is NC(=O)c1ccc(N2CCNCC2)c(CCCl)c1. The van der Waals surface area contributed by atoms with E-state index in [1.54, 1.807) is 6.07 Å². The van der Waals surface area contributed by atoms with Gasteiger partial charge in [0.1, 0.15) is 0 Å². The van der Waals surface area contributed by atoms with Gasteiger partial charge in [0.15, 0.2) is 0 Å². The molecule has 0 aliphatic carbocycles. The van der Waals surface area contributed by atoms with Gasteiger partial charge in [-0.1, -0.05) is 0 Å². The Labute approximate surface area is 112 Å². The maximum absolute atomic E-state index is 11.2. The zero-order chi connectivity index (χ0) is 13.0. The van der Waals surface area contributed by atoms with Gasteiger partial charge in [0.2, 0.25) is 5.91 Å². The Bertz CT molecular complexity index is 430. The lowest BCUT2D eigenvalue weighted by molar-refractivity contribution is 0.1000. The van der Waals surface area contributed by atoms with E-state index >= 15 is 0 Å². The van der Waals surface area contributed by atoms with Crippen LogP contribution in [0.25, 0.3) is 0 Å². The minimum Gasteiger partial charge on any atom is -0.369 e. The zero-order valence-electron chi connectivity index (χ0n) is 10.3. The molecule has 1 aromatic carbocycles. The predicted molar refractivity (Wildman–Crippen MR) is 74.5 cm³/mol.